The molecule has 2 aromatic rings. The van der Waals surface area contributed by atoms with Crippen LogP contribution in [0.25, 0.3) is 0 Å². The predicted octanol–water partition coefficient (Wildman–Crippen LogP) is 3.99. The molecule has 1 aromatic heterocycles. The van der Waals surface area contributed by atoms with E-state index in [4.69, 9.17) is 11.6 Å². The van der Waals surface area contributed by atoms with Crippen LogP contribution in [0.3, 0.4) is 0 Å². The molecule has 0 spiro atoms. The van der Waals surface area contributed by atoms with Crippen molar-refractivity contribution in [2.24, 2.45) is 0 Å². The standard InChI is InChI=1S/C15H19ClN2S/c1-18(10-8-15-3-2-12-19-15)11-9-17-14-6-4-13(16)5-7-14/h2-7,12,17H,8-11H2,1H3. The molecule has 0 atom stereocenters. The summed E-state index contributed by atoms with van der Waals surface area (Å²) < 4.78 is 0. The second-order valence-electron chi connectivity index (χ2n) is 4.57. The van der Waals surface area contributed by atoms with Crippen molar-refractivity contribution in [1.82, 2.24) is 4.90 Å². The third-order valence-corrected chi connectivity index (χ3v) is 4.18. The first kappa shape index (κ1) is 14.4. The Morgan fingerprint density at radius 3 is 2.63 bits per heavy atom. The van der Waals surface area contributed by atoms with Crippen molar-refractivity contribution in [3.63, 3.8) is 0 Å². The number of benzene rings is 1. The second-order valence-corrected chi connectivity index (χ2v) is 6.03. The smallest absolute Gasteiger partial charge is 0.0407 e. The van der Waals surface area contributed by atoms with Crippen LogP contribution in [-0.4, -0.2) is 31.6 Å². The SMILES string of the molecule is CN(CCNc1ccc(Cl)cc1)CCc1cccs1. The van der Waals surface area contributed by atoms with Crippen LogP contribution in [0.5, 0.6) is 0 Å². The third-order valence-electron chi connectivity index (χ3n) is 2.99. The lowest BCUT2D eigenvalue weighted by Gasteiger charge is -2.16. The van der Waals surface area contributed by atoms with Gasteiger partial charge in [0, 0.05) is 35.2 Å². The minimum atomic E-state index is 0.776. The first-order chi connectivity index (χ1) is 9.24. The van der Waals surface area contributed by atoms with Gasteiger partial charge in [-0.2, -0.15) is 0 Å². The highest BCUT2D eigenvalue weighted by atomic mass is 35.5. The van der Waals surface area contributed by atoms with Gasteiger partial charge in [0.25, 0.3) is 0 Å². The lowest BCUT2D eigenvalue weighted by atomic mass is 10.3. The fourth-order valence-corrected chi connectivity index (χ4v) is 2.65. The molecular weight excluding hydrogens is 276 g/mol. The van der Waals surface area contributed by atoms with Crippen LogP contribution in [-0.2, 0) is 6.42 Å². The molecule has 0 saturated heterocycles. The van der Waals surface area contributed by atoms with Gasteiger partial charge in [-0.1, -0.05) is 17.7 Å². The molecule has 1 aromatic carbocycles. The van der Waals surface area contributed by atoms with Gasteiger partial charge < -0.3 is 10.2 Å². The van der Waals surface area contributed by atoms with Crippen LogP contribution >= 0.6 is 22.9 Å². The van der Waals surface area contributed by atoms with Gasteiger partial charge in [-0.15, -0.1) is 11.3 Å². The number of hydrogen-bond acceptors (Lipinski definition) is 3. The molecule has 4 heteroatoms. The van der Waals surface area contributed by atoms with E-state index in [9.17, 15) is 0 Å². The Morgan fingerprint density at radius 2 is 1.95 bits per heavy atom. The normalized spacial score (nSPS) is 10.9. The molecule has 0 saturated carbocycles. The van der Waals surface area contributed by atoms with Crippen LogP contribution < -0.4 is 5.32 Å². The summed E-state index contributed by atoms with van der Waals surface area (Å²) in [6.45, 7) is 3.08. The highest BCUT2D eigenvalue weighted by Gasteiger charge is 2.00. The first-order valence-corrected chi connectivity index (χ1v) is 7.70. The van der Waals surface area contributed by atoms with E-state index in [0.29, 0.717) is 0 Å². The van der Waals surface area contributed by atoms with Gasteiger partial charge in [0.05, 0.1) is 0 Å². The largest absolute Gasteiger partial charge is 0.384 e. The van der Waals surface area contributed by atoms with Crippen molar-refractivity contribution in [3.05, 3.63) is 51.7 Å². The summed E-state index contributed by atoms with van der Waals surface area (Å²) in [5.41, 5.74) is 1.12. The van der Waals surface area contributed by atoms with Crippen molar-refractivity contribution >= 4 is 28.6 Å². The third kappa shape index (κ3) is 5.23. The Bertz CT molecular complexity index is 467. The van der Waals surface area contributed by atoms with E-state index >= 15 is 0 Å². The molecular formula is C15H19ClN2S. The maximum atomic E-state index is 5.85. The van der Waals surface area contributed by atoms with Gasteiger partial charge in [0.2, 0.25) is 0 Å². The van der Waals surface area contributed by atoms with E-state index < -0.39 is 0 Å². The number of nitrogens with zero attached hydrogens (tertiary/aromatic N) is 1. The Morgan fingerprint density at radius 1 is 1.16 bits per heavy atom. The molecule has 0 fully saturated rings. The van der Waals surface area contributed by atoms with Crippen molar-refractivity contribution in [3.8, 4) is 0 Å². The molecule has 102 valence electrons. The van der Waals surface area contributed by atoms with Gasteiger partial charge in [-0.25, -0.2) is 0 Å². The predicted molar refractivity (Wildman–Crippen MR) is 85.5 cm³/mol. The topological polar surface area (TPSA) is 15.3 Å². The van der Waals surface area contributed by atoms with E-state index in [-0.39, 0.29) is 0 Å². The molecule has 2 rings (SSSR count). The van der Waals surface area contributed by atoms with E-state index in [1.165, 1.54) is 4.88 Å². The molecule has 19 heavy (non-hydrogen) atoms. The van der Waals surface area contributed by atoms with Gasteiger partial charge in [-0.3, -0.25) is 0 Å². The Kier molecular flexibility index (Phi) is 5.70. The first-order valence-electron chi connectivity index (χ1n) is 6.44. The maximum absolute atomic E-state index is 5.85. The summed E-state index contributed by atoms with van der Waals surface area (Å²) in [7, 11) is 2.16. The maximum Gasteiger partial charge on any atom is 0.0407 e. The van der Waals surface area contributed by atoms with Crippen molar-refractivity contribution in [2.75, 3.05) is 32.0 Å². The van der Waals surface area contributed by atoms with Crippen molar-refractivity contribution in [2.45, 2.75) is 6.42 Å². The fourth-order valence-electron chi connectivity index (χ4n) is 1.83. The molecule has 0 radical (unpaired) electrons. The van der Waals surface area contributed by atoms with E-state index in [0.717, 1.165) is 36.8 Å². The summed E-state index contributed by atoms with van der Waals surface area (Å²) in [6.07, 6.45) is 1.13. The molecule has 1 heterocycles. The molecule has 0 unspecified atom stereocenters. The molecule has 1 N–H and O–H groups in total. The van der Waals surface area contributed by atoms with E-state index in [2.05, 4.69) is 34.8 Å². The zero-order valence-electron chi connectivity index (χ0n) is 11.1. The van der Waals surface area contributed by atoms with Crippen molar-refractivity contribution < 1.29 is 0 Å². The summed E-state index contributed by atoms with van der Waals surface area (Å²) >= 11 is 7.68. The van der Waals surface area contributed by atoms with Gasteiger partial charge >= 0.3 is 0 Å². The Labute approximate surface area is 124 Å². The summed E-state index contributed by atoms with van der Waals surface area (Å²) in [5, 5.41) is 6.31. The number of thiophene rings is 1. The zero-order chi connectivity index (χ0) is 13.5. The second kappa shape index (κ2) is 7.53. The zero-order valence-corrected chi connectivity index (χ0v) is 12.7. The van der Waals surface area contributed by atoms with Crippen LogP contribution in [0.15, 0.2) is 41.8 Å². The van der Waals surface area contributed by atoms with Gasteiger partial charge in [-0.05, 0) is 49.2 Å². The quantitative estimate of drug-likeness (QED) is 0.831. The molecule has 0 amide bonds. The number of nitrogens with one attached hydrogen (secondary N) is 1. The van der Waals surface area contributed by atoms with Crippen molar-refractivity contribution in [1.29, 1.82) is 0 Å². The fraction of sp³-hybridized carbons (Fsp3) is 0.333. The summed E-state index contributed by atoms with van der Waals surface area (Å²) in [4.78, 5) is 3.81. The minimum Gasteiger partial charge on any atom is -0.384 e. The van der Waals surface area contributed by atoms with Gasteiger partial charge in [0.1, 0.15) is 0 Å². The van der Waals surface area contributed by atoms with Crippen LogP contribution in [0, 0.1) is 0 Å². The number of halogens is 1. The minimum absolute atomic E-state index is 0.776. The molecule has 0 bridgehead atoms. The molecule has 0 aliphatic heterocycles. The van der Waals surface area contributed by atoms with E-state index in [1.54, 1.807) is 0 Å². The monoisotopic (exact) mass is 294 g/mol. The Hall–Kier alpha value is -1.03. The molecule has 0 aliphatic rings. The van der Waals surface area contributed by atoms with Gasteiger partial charge in [0.15, 0.2) is 0 Å². The number of anilines is 1. The Balaban J connectivity index is 1.63. The lowest BCUT2D eigenvalue weighted by Crippen LogP contribution is -2.27. The summed E-state index contributed by atoms with van der Waals surface area (Å²) in [5.74, 6) is 0. The highest BCUT2D eigenvalue weighted by molar-refractivity contribution is 7.09. The number of hydrogen-bond donors (Lipinski definition) is 1. The number of rotatable bonds is 7. The van der Waals surface area contributed by atoms with Crippen LogP contribution in [0.1, 0.15) is 4.88 Å². The van der Waals surface area contributed by atoms with E-state index in [1.807, 2.05) is 35.6 Å². The number of likely N-dealkylation sites (N-methyl/N-ethyl adjacent to an activating group) is 1. The molecule has 0 aliphatic carbocycles. The van der Waals surface area contributed by atoms with Crippen LogP contribution in [0.2, 0.25) is 5.02 Å². The lowest BCUT2D eigenvalue weighted by molar-refractivity contribution is 0.352. The van der Waals surface area contributed by atoms with Crippen LogP contribution in [0.4, 0.5) is 5.69 Å². The average molecular weight is 295 g/mol. The average Bonchev–Trinajstić information content (AvgIpc) is 2.92. The highest BCUT2D eigenvalue weighted by Crippen LogP contribution is 2.13. The summed E-state index contributed by atoms with van der Waals surface area (Å²) in [6, 6.07) is 12.1. The molecule has 2 nitrogen and oxygen atoms in total.